The normalized spacial score (nSPS) is 10.9. The van der Waals surface area contributed by atoms with Crippen LogP contribution in [-0.4, -0.2) is 20.7 Å². The van der Waals surface area contributed by atoms with E-state index in [-0.39, 0.29) is 20.7 Å². The number of thiophene rings is 1. The minimum Gasteiger partial charge on any atom is -0.477 e. The molecule has 1 aromatic carbocycles. The first-order valence-electron chi connectivity index (χ1n) is 6.35. The molecule has 3 aromatic rings. The van der Waals surface area contributed by atoms with Gasteiger partial charge in [-0.2, -0.15) is 0 Å². The van der Waals surface area contributed by atoms with Gasteiger partial charge in [-0.25, -0.2) is 23.2 Å². The number of hydrogen-bond acceptors (Lipinski definition) is 5. The highest BCUT2D eigenvalue weighted by atomic mass is 32.1. The second kappa shape index (κ2) is 5.43. The molecule has 0 aliphatic heterocycles. The van der Waals surface area contributed by atoms with Crippen LogP contribution >= 0.6 is 11.3 Å². The summed E-state index contributed by atoms with van der Waals surface area (Å²) >= 11 is 0.868. The maximum Gasteiger partial charge on any atom is 0.346 e. The number of fused-ring (bicyclic) bond motifs is 1. The van der Waals surface area contributed by atoms with Crippen LogP contribution in [0.15, 0.2) is 29.3 Å². The lowest BCUT2D eigenvalue weighted by atomic mass is 10.2. The minimum atomic E-state index is -1.16. The second-order valence-corrected chi connectivity index (χ2v) is 5.67. The third kappa shape index (κ3) is 2.44. The van der Waals surface area contributed by atoms with Gasteiger partial charge in [0, 0.05) is 0 Å². The topological polar surface area (TPSA) is 84.2 Å². The molecule has 118 valence electrons. The molecule has 0 radical (unpaired) electrons. The number of carbonyl (C=O) groups is 1. The lowest BCUT2D eigenvalue weighted by Crippen LogP contribution is -2.27. The first kappa shape index (κ1) is 15.1. The molecule has 23 heavy (non-hydrogen) atoms. The molecule has 6 nitrogen and oxygen atoms in total. The molecular formula is C14H9F2N3O3S. The first-order valence-corrected chi connectivity index (χ1v) is 7.17. The summed E-state index contributed by atoms with van der Waals surface area (Å²) in [6, 6.07) is 3.28. The summed E-state index contributed by atoms with van der Waals surface area (Å²) in [6.45, 7) is 1.49. The Balaban J connectivity index is 2.17. The van der Waals surface area contributed by atoms with E-state index in [9.17, 15) is 18.4 Å². The van der Waals surface area contributed by atoms with Gasteiger partial charge in [0.2, 0.25) is 0 Å². The van der Waals surface area contributed by atoms with E-state index < -0.39 is 28.9 Å². The zero-order valence-electron chi connectivity index (χ0n) is 11.6. The summed E-state index contributed by atoms with van der Waals surface area (Å²) < 4.78 is 28.1. The number of rotatable bonds is 3. The van der Waals surface area contributed by atoms with Crippen LogP contribution in [0.25, 0.3) is 10.2 Å². The Bertz CT molecular complexity index is 977. The lowest BCUT2D eigenvalue weighted by molar-refractivity contribution is 0.0701. The highest BCUT2D eigenvalue weighted by Gasteiger charge is 2.19. The van der Waals surface area contributed by atoms with Gasteiger partial charge in [-0.1, -0.05) is 6.07 Å². The maximum absolute atomic E-state index is 13.7. The van der Waals surface area contributed by atoms with Gasteiger partial charge < -0.3 is 5.11 Å². The molecule has 0 atom stereocenters. The fourth-order valence-corrected chi connectivity index (χ4v) is 3.11. The van der Waals surface area contributed by atoms with Crippen molar-refractivity contribution in [3.63, 3.8) is 0 Å². The quantitative estimate of drug-likeness (QED) is 0.767. The summed E-state index contributed by atoms with van der Waals surface area (Å²) in [5.74, 6) is -2.90. The number of nitrogens with one attached hydrogen (secondary N) is 1. The van der Waals surface area contributed by atoms with Gasteiger partial charge in [0.15, 0.2) is 11.6 Å². The largest absolute Gasteiger partial charge is 0.477 e. The molecule has 9 heteroatoms. The number of aromatic nitrogens is 2. The fourth-order valence-electron chi connectivity index (χ4n) is 2.13. The van der Waals surface area contributed by atoms with E-state index in [1.807, 2.05) is 0 Å². The van der Waals surface area contributed by atoms with Crippen LogP contribution in [0.5, 0.6) is 0 Å². The van der Waals surface area contributed by atoms with E-state index in [0.717, 1.165) is 34.5 Å². The van der Waals surface area contributed by atoms with E-state index in [4.69, 9.17) is 5.11 Å². The van der Waals surface area contributed by atoms with Crippen LogP contribution in [0, 0.1) is 18.6 Å². The summed E-state index contributed by atoms with van der Waals surface area (Å²) in [4.78, 5) is 27.8. The van der Waals surface area contributed by atoms with Crippen molar-refractivity contribution >= 4 is 33.2 Å². The van der Waals surface area contributed by atoms with Crippen molar-refractivity contribution < 1.29 is 18.7 Å². The van der Waals surface area contributed by atoms with E-state index in [0.29, 0.717) is 0 Å². The van der Waals surface area contributed by atoms with Crippen LogP contribution in [0.3, 0.4) is 0 Å². The number of carboxylic acid groups (broad SMARTS) is 1. The molecule has 0 aliphatic carbocycles. The minimum absolute atomic E-state index is 0.000535. The second-order valence-electron chi connectivity index (χ2n) is 4.67. The number of aryl methyl sites for hydroxylation is 1. The van der Waals surface area contributed by atoms with Gasteiger partial charge in [0.25, 0.3) is 5.56 Å². The Morgan fingerprint density at radius 3 is 2.61 bits per heavy atom. The Labute approximate surface area is 131 Å². The van der Waals surface area contributed by atoms with E-state index in [1.165, 1.54) is 13.0 Å². The predicted molar refractivity (Wildman–Crippen MR) is 81.0 cm³/mol. The van der Waals surface area contributed by atoms with Crippen molar-refractivity contribution in [2.75, 3.05) is 5.43 Å². The summed E-state index contributed by atoms with van der Waals surface area (Å²) in [6.07, 6.45) is 1.05. The molecule has 0 amide bonds. The monoisotopic (exact) mass is 337 g/mol. The molecule has 0 saturated carbocycles. The zero-order chi connectivity index (χ0) is 16.7. The van der Waals surface area contributed by atoms with E-state index in [2.05, 4.69) is 10.4 Å². The van der Waals surface area contributed by atoms with Crippen LogP contribution in [0.2, 0.25) is 0 Å². The molecule has 0 fully saturated rings. The lowest BCUT2D eigenvalue weighted by Gasteiger charge is -2.10. The molecular weight excluding hydrogens is 328 g/mol. The van der Waals surface area contributed by atoms with E-state index >= 15 is 0 Å². The molecule has 0 saturated heterocycles. The van der Waals surface area contributed by atoms with Gasteiger partial charge in [-0.3, -0.25) is 10.2 Å². The van der Waals surface area contributed by atoms with Crippen LogP contribution in [0.1, 0.15) is 15.2 Å². The number of anilines is 1. The molecule has 2 heterocycles. The Morgan fingerprint density at radius 1 is 1.35 bits per heavy atom. The van der Waals surface area contributed by atoms with Crippen LogP contribution in [0.4, 0.5) is 14.5 Å². The average Bonchev–Trinajstić information content (AvgIpc) is 2.83. The number of aromatic carboxylic acids is 1. The number of carboxylic acids is 1. The molecule has 2 N–H and O–H groups in total. The van der Waals surface area contributed by atoms with Crippen molar-refractivity contribution in [1.29, 1.82) is 0 Å². The molecule has 0 spiro atoms. The molecule has 3 rings (SSSR count). The van der Waals surface area contributed by atoms with Gasteiger partial charge in [0.05, 0.1) is 5.39 Å². The molecule has 2 aromatic heterocycles. The number of benzene rings is 1. The number of para-hydroxylation sites is 1. The number of hydrogen-bond donors (Lipinski definition) is 2. The predicted octanol–water partition coefficient (Wildman–Crippen LogP) is 2.62. The van der Waals surface area contributed by atoms with Crippen molar-refractivity contribution in [2.45, 2.75) is 6.92 Å². The SMILES string of the molecule is Cc1c(C(=O)O)sc2ncn(Nc3c(F)cccc3F)c(=O)c12. The van der Waals surface area contributed by atoms with Gasteiger partial charge in [-0.15, -0.1) is 11.3 Å². The highest BCUT2D eigenvalue weighted by Crippen LogP contribution is 2.26. The number of halogens is 2. The van der Waals surface area contributed by atoms with Crippen LogP contribution in [-0.2, 0) is 0 Å². The van der Waals surface area contributed by atoms with Crippen molar-refractivity contribution in [1.82, 2.24) is 9.66 Å². The summed E-state index contributed by atoms with van der Waals surface area (Å²) in [5.41, 5.74) is 1.44. The summed E-state index contributed by atoms with van der Waals surface area (Å²) in [5, 5.41) is 9.19. The summed E-state index contributed by atoms with van der Waals surface area (Å²) in [7, 11) is 0. The molecule has 0 bridgehead atoms. The smallest absolute Gasteiger partial charge is 0.346 e. The zero-order valence-corrected chi connectivity index (χ0v) is 12.4. The maximum atomic E-state index is 13.7. The standard InChI is InChI=1S/C14H9F2N3O3S/c1-6-9-12(23-11(6)14(21)22)17-5-19(13(9)20)18-10-7(15)3-2-4-8(10)16/h2-5,18H,1H3,(H,21,22). The third-order valence-corrected chi connectivity index (χ3v) is 4.43. The van der Waals surface area contributed by atoms with Crippen molar-refractivity contribution in [3.8, 4) is 0 Å². The Hall–Kier alpha value is -2.81. The third-order valence-electron chi connectivity index (χ3n) is 3.24. The van der Waals surface area contributed by atoms with Gasteiger partial charge in [-0.05, 0) is 24.6 Å². The Morgan fingerprint density at radius 2 is 2.00 bits per heavy atom. The van der Waals surface area contributed by atoms with Crippen LogP contribution < -0.4 is 11.0 Å². The first-order chi connectivity index (χ1) is 10.9. The number of nitrogens with zero attached hydrogens (tertiary/aromatic N) is 2. The highest BCUT2D eigenvalue weighted by molar-refractivity contribution is 7.20. The molecule has 0 unspecified atom stereocenters. The average molecular weight is 337 g/mol. The van der Waals surface area contributed by atoms with E-state index in [1.54, 1.807) is 0 Å². The molecule has 0 aliphatic rings. The Kier molecular flexibility index (Phi) is 3.57. The van der Waals surface area contributed by atoms with Crippen molar-refractivity contribution in [3.05, 3.63) is 57.0 Å². The van der Waals surface area contributed by atoms with Gasteiger partial charge >= 0.3 is 5.97 Å². The fraction of sp³-hybridized carbons (Fsp3) is 0.0714. The van der Waals surface area contributed by atoms with Gasteiger partial charge in [0.1, 0.15) is 21.7 Å². The van der Waals surface area contributed by atoms with Crippen molar-refractivity contribution in [2.24, 2.45) is 0 Å².